The number of hydrogen-bond acceptors (Lipinski definition) is 6. The number of aromatic nitrogens is 4. The second-order valence-electron chi connectivity index (χ2n) is 6.82. The number of ether oxygens (including phenoxy) is 1. The van der Waals surface area contributed by atoms with E-state index in [-0.39, 0.29) is 17.8 Å². The van der Waals surface area contributed by atoms with Gasteiger partial charge in [0.05, 0.1) is 11.9 Å². The zero-order valence-electron chi connectivity index (χ0n) is 14.8. The molecule has 5 heterocycles. The third kappa shape index (κ3) is 2.33. The average Bonchev–Trinajstić information content (AvgIpc) is 3.39. The van der Waals surface area contributed by atoms with E-state index < -0.39 is 0 Å². The summed E-state index contributed by atoms with van der Waals surface area (Å²) in [5.74, 6) is 1.20. The van der Waals surface area contributed by atoms with Gasteiger partial charge in [-0.2, -0.15) is 5.10 Å². The Bertz CT molecular complexity index is 1110. The summed E-state index contributed by atoms with van der Waals surface area (Å²) < 4.78 is 8.48. The first-order valence-electron chi connectivity index (χ1n) is 8.78. The van der Waals surface area contributed by atoms with Gasteiger partial charge in [0.15, 0.2) is 23.9 Å². The van der Waals surface area contributed by atoms with Gasteiger partial charge in [-0.15, -0.1) is 0 Å². The monoisotopic (exact) mass is 369 g/mol. The van der Waals surface area contributed by atoms with Crippen molar-refractivity contribution in [1.82, 2.24) is 24.1 Å². The molecule has 1 unspecified atom stereocenters. The lowest BCUT2D eigenvalue weighted by Gasteiger charge is -2.21. The maximum Gasteiger partial charge on any atom is 0.350 e. The van der Waals surface area contributed by atoms with Crippen LogP contribution in [0, 0.1) is 0 Å². The number of rotatable bonds is 2. The molecule has 10 nitrogen and oxygen atoms in total. The van der Waals surface area contributed by atoms with Crippen LogP contribution < -0.4 is 21.1 Å². The Hall–Kier alpha value is -3.27. The third-order valence-corrected chi connectivity index (χ3v) is 5.14. The number of nitrogens with two attached hydrogens (primary N) is 1. The van der Waals surface area contributed by atoms with Crippen LogP contribution in [0.2, 0.25) is 0 Å². The van der Waals surface area contributed by atoms with Gasteiger partial charge in [0.25, 0.3) is 5.91 Å². The van der Waals surface area contributed by atoms with Gasteiger partial charge in [-0.25, -0.2) is 9.48 Å². The fraction of sp³-hybridized carbons (Fsp3) is 0.353. The zero-order valence-corrected chi connectivity index (χ0v) is 14.8. The van der Waals surface area contributed by atoms with Gasteiger partial charge < -0.3 is 20.4 Å². The van der Waals surface area contributed by atoms with Crippen LogP contribution in [0.25, 0.3) is 5.65 Å². The predicted molar refractivity (Wildman–Crippen MR) is 97.1 cm³/mol. The lowest BCUT2D eigenvalue weighted by atomic mass is 10.3. The van der Waals surface area contributed by atoms with Crippen molar-refractivity contribution < 1.29 is 9.53 Å². The van der Waals surface area contributed by atoms with E-state index in [1.807, 2.05) is 11.0 Å². The molecule has 1 saturated heterocycles. The molecule has 1 amide bonds. The van der Waals surface area contributed by atoms with Crippen molar-refractivity contribution in [2.45, 2.75) is 19.0 Å². The van der Waals surface area contributed by atoms with E-state index in [9.17, 15) is 9.59 Å². The van der Waals surface area contributed by atoms with Crippen molar-refractivity contribution in [2.24, 2.45) is 12.8 Å². The molecule has 3 aromatic rings. The molecule has 0 aliphatic carbocycles. The van der Waals surface area contributed by atoms with Crippen molar-refractivity contribution in [3.63, 3.8) is 0 Å². The fourth-order valence-corrected chi connectivity index (χ4v) is 3.69. The lowest BCUT2D eigenvalue weighted by molar-refractivity contribution is 0.0735. The molecule has 140 valence electrons. The Morgan fingerprint density at radius 1 is 1.41 bits per heavy atom. The van der Waals surface area contributed by atoms with Gasteiger partial charge in [0.2, 0.25) is 0 Å². The van der Waals surface area contributed by atoms with E-state index in [0.29, 0.717) is 36.2 Å². The molecule has 5 rings (SSSR count). The van der Waals surface area contributed by atoms with E-state index in [0.717, 1.165) is 18.5 Å². The van der Waals surface area contributed by atoms with Crippen molar-refractivity contribution in [2.75, 3.05) is 18.2 Å². The van der Waals surface area contributed by atoms with Crippen molar-refractivity contribution in [3.8, 4) is 5.75 Å². The highest BCUT2D eigenvalue weighted by Gasteiger charge is 2.31. The number of aryl methyl sites for hydroxylation is 1. The number of hydrogen-bond donors (Lipinski definition) is 2. The predicted octanol–water partition coefficient (Wildman–Crippen LogP) is 0.370. The molecule has 3 N–H and O–H groups in total. The van der Waals surface area contributed by atoms with E-state index in [1.165, 1.54) is 9.08 Å². The van der Waals surface area contributed by atoms with Crippen LogP contribution in [0.4, 0.5) is 11.5 Å². The number of amides is 1. The van der Waals surface area contributed by atoms with Crippen LogP contribution in [-0.4, -0.2) is 49.4 Å². The maximum atomic E-state index is 12.7. The summed E-state index contributed by atoms with van der Waals surface area (Å²) in [5.41, 5.74) is 7.61. The van der Waals surface area contributed by atoms with Crippen molar-refractivity contribution in [1.29, 1.82) is 0 Å². The van der Waals surface area contributed by atoms with Crippen molar-refractivity contribution in [3.05, 3.63) is 40.6 Å². The van der Waals surface area contributed by atoms with Crippen LogP contribution in [0.15, 0.2) is 29.2 Å². The standard InChI is InChI=1S/C17H19N7O3/c1-21-17(26)23-6-4-10(7-14(23)20-21)24-9-27-12-8-11(19-15(12)24)16(25)22-5-2-3-13(22)18/h4,6-8,13,19H,2-3,5,9,18H2,1H3. The van der Waals surface area contributed by atoms with E-state index in [4.69, 9.17) is 10.5 Å². The number of carbonyl (C=O) groups is 1. The van der Waals surface area contributed by atoms with Gasteiger partial charge in [0.1, 0.15) is 5.69 Å². The van der Waals surface area contributed by atoms with Gasteiger partial charge in [-0.05, 0) is 18.9 Å². The van der Waals surface area contributed by atoms with Gasteiger partial charge in [-0.3, -0.25) is 14.1 Å². The summed E-state index contributed by atoms with van der Waals surface area (Å²) in [5, 5.41) is 4.21. The third-order valence-electron chi connectivity index (χ3n) is 5.14. The number of carbonyl (C=O) groups excluding carboxylic acids is 1. The summed E-state index contributed by atoms with van der Waals surface area (Å²) in [7, 11) is 1.61. The Balaban J connectivity index is 1.49. The van der Waals surface area contributed by atoms with E-state index >= 15 is 0 Å². The number of aromatic amines is 1. The molecular weight excluding hydrogens is 350 g/mol. The zero-order chi connectivity index (χ0) is 18.7. The second-order valence-corrected chi connectivity index (χ2v) is 6.82. The SMILES string of the molecule is Cn1nc2cc(N3COc4cc(C(=O)N5CCCC5N)[nH]c43)ccn2c1=O. The molecule has 10 heteroatoms. The molecule has 0 saturated carbocycles. The highest BCUT2D eigenvalue weighted by Crippen LogP contribution is 2.39. The van der Waals surface area contributed by atoms with Crippen LogP contribution in [0.5, 0.6) is 5.75 Å². The van der Waals surface area contributed by atoms with Gasteiger partial charge in [0, 0.05) is 31.9 Å². The number of pyridine rings is 1. The number of fused-ring (bicyclic) bond motifs is 2. The molecule has 1 fully saturated rings. The fourth-order valence-electron chi connectivity index (χ4n) is 3.69. The number of H-pyrrole nitrogens is 1. The molecule has 1 atom stereocenters. The van der Waals surface area contributed by atoms with Gasteiger partial charge >= 0.3 is 5.69 Å². The number of anilines is 2. The molecule has 27 heavy (non-hydrogen) atoms. The molecule has 2 aliphatic rings. The Labute approximate surface area is 153 Å². The normalized spacial score (nSPS) is 19.0. The van der Waals surface area contributed by atoms with Crippen LogP contribution in [0.3, 0.4) is 0 Å². The first kappa shape index (κ1) is 15.9. The number of nitrogens with zero attached hydrogens (tertiary/aromatic N) is 5. The Kier molecular flexibility index (Phi) is 3.31. The summed E-state index contributed by atoms with van der Waals surface area (Å²) in [6, 6.07) is 5.33. The largest absolute Gasteiger partial charge is 0.469 e. The van der Waals surface area contributed by atoms with Gasteiger partial charge in [-0.1, -0.05) is 0 Å². The first-order valence-corrected chi connectivity index (χ1v) is 8.78. The Morgan fingerprint density at radius 3 is 3.04 bits per heavy atom. The van der Waals surface area contributed by atoms with E-state index in [1.54, 1.807) is 30.3 Å². The summed E-state index contributed by atoms with van der Waals surface area (Å²) >= 11 is 0. The highest BCUT2D eigenvalue weighted by atomic mass is 16.5. The average molecular weight is 369 g/mol. The highest BCUT2D eigenvalue weighted by molar-refractivity contribution is 5.95. The topological polar surface area (TPSA) is 114 Å². The molecule has 0 radical (unpaired) electrons. The van der Waals surface area contributed by atoms with Crippen LogP contribution in [0.1, 0.15) is 23.3 Å². The quantitative estimate of drug-likeness (QED) is 0.675. The summed E-state index contributed by atoms with van der Waals surface area (Å²) in [4.78, 5) is 31.4. The molecule has 0 aromatic carbocycles. The first-order chi connectivity index (χ1) is 13.0. The molecule has 3 aromatic heterocycles. The van der Waals surface area contributed by atoms with E-state index in [2.05, 4.69) is 10.1 Å². The minimum atomic E-state index is -0.238. The minimum Gasteiger partial charge on any atom is -0.469 e. The Morgan fingerprint density at radius 2 is 2.26 bits per heavy atom. The number of likely N-dealkylation sites (tertiary alicyclic amines) is 1. The lowest BCUT2D eigenvalue weighted by Crippen LogP contribution is -2.41. The van der Waals surface area contributed by atoms with Crippen LogP contribution >= 0.6 is 0 Å². The number of nitrogens with one attached hydrogen (secondary N) is 1. The second kappa shape index (κ2) is 5.61. The molecule has 0 bridgehead atoms. The van der Waals surface area contributed by atoms with Crippen molar-refractivity contribution >= 4 is 23.1 Å². The minimum absolute atomic E-state index is 0.121. The summed E-state index contributed by atoms with van der Waals surface area (Å²) in [6.07, 6.45) is 3.17. The molecular formula is C17H19N7O3. The summed E-state index contributed by atoms with van der Waals surface area (Å²) in [6.45, 7) is 0.978. The molecule has 2 aliphatic heterocycles. The maximum absolute atomic E-state index is 12.7. The molecule has 0 spiro atoms. The smallest absolute Gasteiger partial charge is 0.350 e. The van der Waals surface area contributed by atoms with Crippen LogP contribution in [-0.2, 0) is 7.05 Å².